The number of hydrogen-bond acceptors (Lipinski definition) is 4. The number of amides is 2. The average molecular weight is 533 g/mol. The summed E-state index contributed by atoms with van der Waals surface area (Å²) in [5.74, 6) is -0.170. The number of benzene rings is 1. The van der Waals surface area contributed by atoms with Gasteiger partial charge in [-0.1, -0.05) is 32.1 Å². The summed E-state index contributed by atoms with van der Waals surface area (Å²) in [5.41, 5.74) is 1.07. The third-order valence-electron chi connectivity index (χ3n) is 5.55. The van der Waals surface area contributed by atoms with Crippen molar-refractivity contribution < 1.29 is 70.5 Å². The molecule has 0 bridgehead atoms. The Labute approximate surface area is 256 Å². The minimum Gasteiger partial charge on any atom is -0.583 e. The molecule has 2 aliphatic carbocycles. The Morgan fingerprint density at radius 3 is 2.43 bits per heavy atom. The van der Waals surface area contributed by atoms with E-state index in [9.17, 15) is 14.0 Å². The van der Waals surface area contributed by atoms with Crippen molar-refractivity contribution in [3.8, 4) is 0 Å². The molecular formula is C25H38FKN4O3S. The standard InChI is InChI=1S/C11H18N3OS.C9H8FNO2.C3H6.C2H6.K/c15-10(9-2-1-7-12-9)13-11(5-6-11)14-16-8-3-4-8;10-8-3-1-2-6-4-11(9(12)13)5-7(6)8;1-3-2;1-2;/h8-9,12H,1-7H2,(H,13,15);1-3H,4-5H2,(H,12,13);3H,1H2,2H3;1-2H3;/q-1;;;;+1/t9-;;;;/m0..../s1. The van der Waals surface area contributed by atoms with Crippen molar-refractivity contribution in [3.63, 3.8) is 0 Å². The quantitative estimate of drug-likeness (QED) is 0.308. The minimum atomic E-state index is -1.00. The Hall–Kier alpha value is -0.464. The van der Waals surface area contributed by atoms with E-state index in [-0.39, 0.29) is 81.4 Å². The molecule has 1 aromatic carbocycles. The van der Waals surface area contributed by atoms with Gasteiger partial charge in [0.1, 0.15) is 5.82 Å². The van der Waals surface area contributed by atoms with E-state index in [1.54, 1.807) is 30.2 Å². The Kier molecular flexibility index (Phi) is 15.3. The van der Waals surface area contributed by atoms with E-state index < -0.39 is 6.09 Å². The van der Waals surface area contributed by atoms with Gasteiger partial charge in [-0.15, -0.1) is 6.58 Å². The molecule has 0 unspecified atom stereocenters. The summed E-state index contributed by atoms with van der Waals surface area (Å²) in [6.07, 6.45) is 7.45. The molecule has 2 aliphatic heterocycles. The summed E-state index contributed by atoms with van der Waals surface area (Å²) in [4.78, 5) is 23.7. The van der Waals surface area contributed by atoms with Gasteiger partial charge in [-0.05, 0) is 74.5 Å². The number of nitrogens with zero attached hydrogens (tertiary/aromatic N) is 2. The largest absolute Gasteiger partial charge is 1.00 e. The van der Waals surface area contributed by atoms with Gasteiger partial charge in [-0.2, -0.15) is 0 Å². The second kappa shape index (κ2) is 16.4. The van der Waals surface area contributed by atoms with Crippen LogP contribution in [0.2, 0.25) is 0 Å². The Balaban J connectivity index is 0.000000293. The first-order valence-corrected chi connectivity index (χ1v) is 13.0. The molecule has 35 heavy (non-hydrogen) atoms. The molecule has 10 heteroatoms. The number of rotatable bonds is 5. The maximum atomic E-state index is 13.1. The van der Waals surface area contributed by atoms with Gasteiger partial charge < -0.3 is 20.5 Å². The van der Waals surface area contributed by atoms with Crippen molar-refractivity contribution in [2.24, 2.45) is 0 Å². The Morgan fingerprint density at radius 1 is 1.29 bits per heavy atom. The molecular weight excluding hydrogens is 494 g/mol. The first-order chi connectivity index (χ1) is 16.4. The molecule has 1 saturated heterocycles. The molecule has 3 fully saturated rings. The van der Waals surface area contributed by atoms with E-state index in [2.05, 4.69) is 21.9 Å². The number of carbonyl (C=O) groups excluding carboxylic acids is 1. The smallest absolute Gasteiger partial charge is 0.583 e. The first-order valence-electron chi connectivity index (χ1n) is 12.1. The zero-order chi connectivity index (χ0) is 25.1. The van der Waals surface area contributed by atoms with Crippen LogP contribution in [-0.2, 0) is 17.9 Å². The van der Waals surface area contributed by atoms with Gasteiger partial charge >= 0.3 is 57.5 Å². The van der Waals surface area contributed by atoms with Gasteiger partial charge in [0, 0.05) is 12.1 Å². The van der Waals surface area contributed by atoms with Crippen molar-refractivity contribution in [2.45, 2.75) is 89.3 Å². The van der Waals surface area contributed by atoms with Crippen LogP contribution < -0.4 is 62.0 Å². The van der Waals surface area contributed by atoms with E-state index in [0.29, 0.717) is 12.1 Å². The molecule has 7 nitrogen and oxygen atoms in total. The normalized spacial score (nSPS) is 20.2. The van der Waals surface area contributed by atoms with Gasteiger partial charge in [0.25, 0.3) is 0 Å². The third-order valence-corrected chi connectivity index (χ3v) is 6.78. The Bertz CT molecular complexity index is 831. The summed E-state index contributed by atoms with van der Waals surface area (Å²) in [5, 5.41) is 15.7. The summed E-state index contributed by atoms with van der Waals surface area (Å²) in [6, 6.07) is 4.73. The van der Waals surface area contributed by atoms with Crippen molar-refractivity contribution in [1.29, 1.82) is 0 Å². The van der Waals surface area contributed by atoms with Gasteiger partial charge in [-0.25, -0.2) is 9.18 Å². The predicted octanol–water partition coefficient (Wildman–Crippen LogP) is 2.57. The number of carbonyl (C=O) groups is 2. The molecule has 0 spiro atoms. The van der Waals surface area contributed by atoms with E-state index in [4.69, 9.17) is 5.11 Å². The summed E-state index contributed by atoms with van der Waals surface area (Å²) >= 11 is 1.69. The van der Waals surface area contributed by atoms with E-state index in [1.807, 2.05) is 20.8 Å². The van der Waals surface area contributed by atoms with Gasteiger partial charge in [-0.3, -0.25) is 21.6 Å². The topological polar surface area (TPSA) is 95.8 Å². The van der Waals surface area contributed by atoms with Crippen LogP contribution in [0.25, 0.3) is 4.72 Å². The number of hydrogen-bond donors (Lipinski definition) is 3. The molecule has 1 aromatic rings. The average Bonchev–Trinajstić information content (AvgIpc) is 3.68. The summed E-state index contributed by atoms with van der Waals surface area (Å²) < 4.78 is 17.7. The molecule has 1 atom stereocenters. The van der Waals surface area contributed by atoms with Crippen LogP contribution in [-0.4, -0.2) is 45.5 Å². The van der Waals surface area contributed by atoms with Crippen LogP contribution in [0, 0.1) is 5.82 Å². The summed E-state index contributed by atoms with van der Waals surface area (Å²) in [7, 11) is 0. The molecule has 2 amide bonds. The predicted molar refractivity (Wildman–Crippen MR) is 136 cm³/mol. The van der Waals surface area contributed by atoms with Crippen LogP contribution in [0.5, 0.6) is 0 Å². The second-order valence-electron chi connectivity index (χ2n) is 8.49. The second-order valence-corrected chi connectivity index (χ2v) is 9.55. The first kappa shape index (κ1) is 32.6. The number of carboxylic acid groups (broad SMARTS) is 1. The van der Waals surface area contributed by atoms with Gasteiger partial charge in [0.05, 0.1) is 12.6 Å². The maximum absolute atomic E-state index is 13.1. The monoisotopic (exact) mass is 532 g/mol. The van der Waals surface area contributed by atoms with Crippen molar-refractivity contribution in [2.75, 3.05) is 6.54 Å². The summed E-state index contributed by atoms with van der Waals surface area (Å²) in [6.45, 7) is 10.7. The molecule has 3 N–H and O–H groups in total. The number of allylic oxidation sites excluding steroid dienone is 1. The number of halogens is 1. The van der Waals surface area contributed by atoms with Gasteiger partial charge in [0.15, 0.2) is 0 Å². The molecule has 5 rings (SSSR count). The fraction of sp³-hybridized carbons (Fsp3) is 0.600. The number of nitrogens with one attached hydrogen (secondary N) is 2. The Morgan fingerprint density at radius 2 is 1.94 bits per heavy atom. The van der Waals surface area contributed by atoms with Crippen molar-refractivity contribution >= 4 is 23.9 Å². The van der Waals surface area contributed by atoms with E-state index >= 15 is 0 Å². The molecule has 190 valence electrons. The van der Waals surface area contributed by atoms with Crippen LogP contribution in [0.3, 0.4) is 0 Å². The SMILES string of the molecule is C=CC.CC.O=C(NC1([N-]SC2CC2)CC1)[C@@H]1CCCN1.O=C(O)N1Cc2cccc(F)c2C1.[K+]. The van der Waals surface area contributed by atoms with E-state index in [1.165, 1.54) is 23.8 Å². The van der Waals surface area contributed by atoms with Crippen molar-refractivity contribution in [3.05, 3.63) is 52.5 Å². The molecule has 0 aromatic heterocycles. The fourth-order valence-corrected chi connectivity index (χ4v) is 4.37. The van der Waals surface area contributed by atoms with Crippen LogP contribution in [0.15, 0.2) is 30.9 Å². The molecule has 0 radical (unpaired) electrons. The maximum Gasteiger partial charge on any atom is 1.00 e. The number of fused-ring (bicyclic) bond motifs is 1. The molecule has 2 saturated carbocycles. The zero-order valence-corrected chi connectivity index (χ0v) is 25.4. The fourth-order valence-electron chi connectivity index (χ4n) is 3.45. The van der Waals surface area contributed by atoms with Gasteiger partial charge in [0.2, 0.25) is 5.91 Å². The van der Waals surface area contributed by atoms with Crippen LogP contribution in [0.1, 0.15) is 70.4 Å². The van der Waals surface area contributed by atoms with E-state index in [0.717, 1.165) is 43.0 Å². The molecule has 2 heterocycles. The zero-order valence-electron chi connectivity index (χ0n) is 21.5. The molecule has 4 aliphatic rings. The van der Waals surface area contributed by atoms with Crippen molar-refractivity contribution in [1.82, 2.24) is 15.5 Å². The van der Waals surface area contributed by atoms with Crippen LogP contribution >= 0.6 is 11.9 Å². The third kappa shape index (κ3) is 10.8. The van der Waals surface area contributed by atoms with Crippen LogP contribution in [0.4, 0.5) is 9.18 Å². The minimum absolute atomic E-state index is 0.